The predicted octanol–water partition coefficient (Wildman–Crippen LogP) is 3.57. The largest absolute Gasteiger partial charge is 0.392 e. The summed E-state index contributed by atoms with van der Waals surface area (Å²) < 4.78 is 7.04. The van der Waals surface area contributed by atoms with Gasteiger partial charge in [0.1, 0.15) is 0 Å². The number of aromatic nitrogens is 1. The Balaban J connectivity index is 1.90. The van der Waals surface area contributed by atoms with Gasteiger partial charge in [0.2, 0.25) is 0 Å². The third kappa shape index (κ3) is 4.00. The Labute approximate surface area is 181 Å². The first-order chi connectivity index (χ1) is 14.6. The topological polar surface area (TPSA) is 54.7 Å². The van der Waals surface area contributed by atoms with Gasteiger partial charge in [-0.05, 0) is 35.4 Å². The fraction of sp³-hybridized carbons (Fsp3) is 0.375. The molecule has 158 valence electrons. The summed E-state index contributed by atoms with van der Waals surface area (Å²) in [5.74, 6) is 1.05. The summed E-state index contributed by atoms with van der Waals surface area (Å²) in [7, 11) is 3.55. The Morgan fingerprint density at radius 1 is 1.17 bits per heavy atom. The van der Waals surface area contributed by atoms with E-state index in [9.17, 15) is 9.90 Å². The van der Waals surface area contributed by atoms with Gasteiger partial charge in [0.15, 0.2) is 0 Å². The maximum Gasteiger partial charge on any atom is 0.254 e. The van der Waals surface area contributed by atoms with Crippen molar-refractivity contribution in [1.82, 2.24) is 4.57 Å². The summed E-state index contributed by atoms with van der Waals surface area (Å²) in [6.07, 6.45) is 1.62. The van der Waals surface area contributed by atoms with E-state index in [-0.39, 0.29) is 12.2 Å². The van der Waals surface area contributed by atoms with E-state index in [0.717, 1.165) is 53.0 Å². The molecule has 1 aromatic heterocycles. The van der Waals surface area contributed by atoms with Gasteiger partial charge < -0.3 is 19.3 Å². The second-order valence-corrected chi connectivity index (χ2v) is 8.80. The summed E-state index contributed by atoms with van der Waals surface area (Å²) in [5, 5.41) is 11.2. The second-order valence-electron chi connectivity index (χ2n) is 7.66. The Morgan fingerprint density at radius 3 is 2.70 bits per heavy atom. The summed E-state index contributed by atoms with van der Waals surface area (Å²) in [5.41, 5.74) is 4.46. The van der Waals surface area contributed by atoms with Crippen molar-refractivity contribution >= 4 is 28.4 Å². The lowest BCUT2D eigenvalue weighted by atomic mass is 9.97. The maximum atomic E-state index is 13.3. The van der Waals surface area contributed by atoms with Crippen LogP contribution in [0.2, 0.25) is 0 Å². The molecule has 1 aliphatic heterocycles. The minimum absolute atomic E-state index is 0.0416. The monoisotopic (exact) mass is 424 g/mol. The molecular formula is C24H28N2O3S. The minimum atomic E-state index is -0.147. The van der Waals surface area contributed by atoms with Gasteiger partial charge in [0.05, 0.1) is 24.4 Å². The van der Waals surface area contributed by atoms with E-state index in [0.29, 0.717) is 18.6 Å². The van der Waals surface area contributed by atoms with Gasteiger partial charge in [0.25, 0.3) is 5.56 Å². The van der Waals surface area contributed by atoms with Crippen molar-refractivity contribution in [3.8, 4) is 0 Å². The van der Waals surface area contributed by atoms with E-state index < -0.39 is 0 Å². The maximum absolute atomic E-state index is 13.3. The minimum Gasteiger partial charge on any atom is -0.392 e. The SMILES string of the molecule is COCCN1CCCSc2cc3c(CO)c(Cc4ccccc4)c(=O)n(C)c3cc21. The van der Waals surface area contributed by atoms with E-state index >= 15 is 0 Å². The molecule has 5 nitrogen and oxygen atoms in total. The molecule has 2 heterocycles. The number of hydrogen-bond acceptors (Lipinski definition) is 5. The first-order valence-corrected chi connectivity index (χ1v) is 11.3. The molecule has 0 saturated carbocycles. The summed E-state index contributed by atoms with van der Waals surface area (Å²) >= 11 is 1.85. The van der Waals surface area contributed by atoms with Crippen LogP contribution in [0.25, 0.3) is 10.9 Å². The number of thioether (sulfide) groups is 1. The van der Waals surface area contributed by atoms with Crippen molar-refractivity contribution in [3.63, 3.8) is 0 Å². The number of aliphatic hydroxyl groups is 1. The van der Waals surface area contributed by atoms with Gasteiger partial charge in [-0.3, -0.25) is 4.79 Å². The van der Waals surface area contributed by atoms with Gasteiger partial charge in [-0.1, -0.05) is 30.3 Å². The lowest BCUT2D eigenvalue weighted by Crippen LogP contribution is -2.29. The molecule has 0 bridgehead atoms. The Kier molecular flexibility index (Phi) is 6.46. The highest BCUT2D eigenvalue weighted by Crippen LogP contribution is 2.38. The van der Waals surface area contributed by atoms with Crippen molar-refractivity contribution < 1.29 is 9.84 Å². The molecule has 0 aliphatic carbocycles. The van der Waals surface area contributed by atoms with Gasteiger partial charge in [0, 0.05) is 49.5 Å². The molecule has 1 N–H and O–H groups in total. The zero-order chi connectivity index (χ0) is 21.1. The average molecular weight is 425 g/mol. The van der Waals surface area contributed by atoms with E-state index in [1.165, 1.54) is 4.90 Å². The Hall–Kier alpha value is -2.28. The quantitative estimate of drug-likeness (QED) is 0.656. The number of pyridine rings is 1. The lowest BCUT2D eigenvalue weighted by Gasteiger charge is -2.25. The number of rotatable bonds is 6. The number of hydrogen-bond donors (Lipinski definition) is 1. The molecule has 1 aliphatic rings. The van der Waals surface area contributed by atoms with E-state index in [1.54, 1.807) is 11.7 Å². The number of ether oxygens (including phenoxy) is 1. The van der Waals surface area contributed by atoms with Crippen molar-refractivity contribution in [2.75, 3.05) is 37.5 Å². The van der Waals surface area contributed by atoms with Crippen LogP contribution in [0.3, 0.4) is 0 Å². The van der Waals surface area contributed by atoms with E-state index in [4.69, 9.17) is 4.74 Å². The van der Waals surface area contributed by atoms with Crippen LogP contribution in [0.4, 0.5) is 5.69 Å². The number of nitrogens with zero attached hydrogens (tertiary/aromatic N) is 2. The lowest BCUT2D eigenvalue weighted by molar-refractivity contribution is 0.205. The highest BCUT2D eigenvalue weighted by atomic mass is 32.2. The molecule has 6 heteroatoms. The van der Waals surface area contributed by atoms with Crippen LogP contribution in [-0.4, -0.2) is 42.2 Å². The molecule has 0 atom stereocenters. The highest BCUT2D eigenvalue weighted by molar-refractivity contribution is 7.99. The van der Waals surface area contributed by atoms with Crippen molar-refractivity contribution in [3.05, 3.63) is 69.5 Å². The van der Waals surface area contributed by atoms with Crippen LogP contribution in [-0.2, 0) is 24.8 Å². The molecule has 0 spiro atoms. The molecule has 0 saturated heterocycles. The van der Waals surface area contributed by atoms with Gasteiger partial charge in [-0.15, -0.1) is 11.8 Å². The second kappa shape index (κ2) is 9.25. The molecule has 0 amide bonds. The fourth-order valence-corrected chi connectivity index (χ4v) is 5.23. The molecule has 30 heavy (non-hydrogen) atoms. The number of aliphatic hydroxyl groups excluding tert-OH is 1. The van der Waals surface area contributed by atoms with Crippen molar-refractivity contribution in [2.24, 2.45) is 7.05 Å². The number of fused-ring (bicyclic) bond motifs is 2. The summed E-state index contributed by atoms with van der Waals surface area (Å²) in [6, 6.07) is 14.2. The molecule has 3 aromatic rings. The number of benzene rings is 2. The van der Waals surface area contributed by atoms with E-state index in [1.807, 2.05) is 49.1 Å². The molecule has 0 radical (unpaired) electrons. The first-order valence-electron chi connectivity index (χ1n) is 10.3. The fourth-order valence-electron chi connectivity index (χ4n) is 4.20. The third-order valence-electron chi connectivity index (χ3n) is 5.81. The van der Waals surface area contributed by atoms with Crippen molar-refractivity contribution in [2.45, 2.75) is 24.3 Å². The summed E-state index contributed by atoms with van der Waals surface area (Å²) in [4.78, 5) is 16.8. The number of aryl methyl sites for hydroxylation is 1. The predicted molar refractivity (Wildman–Crippen MR) is 124 cm³/mol. The zero-order valence-electron chi connectivity index (χ0n) is 17.6. The van der Waals surface area contributed by atoms with Crippen molar-refractivity contribution in [1.29, 1.82) is 0 Å². The molecule has 0 unspecified atom stereocenters. The molecular weight excluding hydrogens is 396 g/mol. The van der Waals surface area contributed by atoms with Crippen LogP contribution in [0, 0.1) is 0 Å². The van der Waals surface area contributed by atoms with E-state index in [2.05, 4.69) is 17.0 Å². The van der Waals surface area contributed by atoms with Gasteiger partial charge in [-0.2, -0.15) is 0 Å². The Morgan fingerprint density at radius 2 is 1.97 bits per heavy atom. The third-order valence-corrected chi connectivity index (χ3v) is 6.94. The van der Waals surface area contributed by atoms with Crippen LogP contribution < -0.4 is 10.5 Å². The zero-order valence-corrected chi connectivity index (χ0v) is 18.4. The molecule has 0 fully saturated rings. The highest BCUT2D eigenvalue weighted by Gasteiger charge is 2.21. The van der Waals surface area contributed by atoms with Crippen LogP contribution >= 0.6 is 11.8 Å². The normalized spacial score (nSPS) is 14.0. The standard InChI is InChI=1S/C24H28N2O3S/c1-25-21-15-22-23(30-12-6-9-26(22)10-11-29-2)14-18(21)20(16-27)19(24(25)28)13-17-7-4-3-5-8-17/h3-5,7-8,14-15,27H,6,9-13,16H2,1-2H3. The van der Waals surface area contributed by atoms with Gasteiger partial charge >= 0.3 is 0 Å². The smallest absolute Gasteiger partial charge is 0.254 e. The average Bonchev–Trinajstić information content (AvgIpc) is 2.97. The summed E-state index contributed by atoms with van der Waals surface area (Å²) in [6.45, 7) is 2.31. The van der Waals surface area contributed by atoms with Crippen LogP contribution in [0.15, 0.2) is 52.2 Å². The van der Waals surface area contributed by atoms with Gasteiger partial charge in [-0.25, -0.2) is 0 Å². The number of anilines is 1. The first kappa shape index (κ1) is 21.0. The van der Waals surface area contributed by atoms with Crippen LogP contribution in [0.5, 0.6) is 0 Å². The Bertz CT molecular complexity index is 1100. The molecule has 4 rings (SSSR count). The van der Waals surface area contributed by atoms with Crippen LogP contribution in [0.1, 0.15) is 23.1 Å². The number of methoxy groups -OCH3 is 1. The molecule has 2 aromatic carbocycles.